The Hall–Kier alpha value is -0.650. The Morgan fingerprint density at radius 3 is 2.89 bits per heavy atom. The molecule has 1 aliphatic heterocycles. The van der Waals surface area contributed by atoms with Crippen molar-refractivity contribution in [2.45, 2.75) is 26.4 Å². The number of nitrogens with one attached hydrogen (secondary N) is 1. The van der Waals surface area contributed by atoms with Crippen molar-refractivity contribution < 1.29 is 14.3 Å². The molecule has 0 aromatic heterocycles. The van der Waals surface area contributed by atoms with Crippen LogP contribution in [-0.2, 0) is 14.3 Å². The van der Waals surface area contributed by atoms with Crippen molar-refractivity contribution >= 4 is 5.91 Å². The minimum Gasteiger partial charge on any atom is -0.379 e. The van der Waals surface area contributed by atoms with Crippen molar-refractivity contribution in [1.82, 2.24) is 10.2 Å². The summed E-state index contributed by atoms with van der Waals surface area (Å²) in [5.41, 5.74) is 0. The first kappa shape index (κ1) is 15.4. The number of rotatable bonds is 8. The standard InChI is InChI=1S/C13H26N2O3/c1-4-17-7-8-18-11(2)13(16)14-9-12-5-6-15(3)10-12/h11-12H,4-10H2,1-3H3,(H,14,16)/t11-,12+/m1/s1. The van der Waals surface area contributed by atoms with Crippen molar-refractivity contribution in [3.63, 3.8) is 0 Å². The van der Waals surface area contributed by atoms with Crippen LogP contribution < -0.4 is 5.32 Å². The van der Waals surface area contributed by atoms with Crippen LogP contribution in [-0.4, -0.2) is 63.4 Å². The minimum atomic E-state index is -0.399. The zero-order valence-corrected chi connectivity index (χ0v) is 11.8. The van der Waals surface area contributed by atoms with Gasteiger partial charge in [-0.25, -0.2) is 0 Å². The number of carbonyl (C=O) groups is 1. The molecule has 0 saturated carbocycles. The highest BCUT2D eigenvalue weighted by molar-refractivity contribution is 5.80. The van der Waals surface area contributed by atoms with E-state index >= 15 is 0 Å². The molecular weight excluding hydrogens is 232 g/mol. The van der Waals surface area contributed by atoms with Crippen LogP contribution in [0.15, 0.2) is 0 Å². The number of hydrogen-bond donors (Lipinski definition) is 1. The lowest BCUT2D eigenvalue weighted by Gasteiger charge is -2.16. The molecule has 0 bridgehead atoms. The van der Waals surface area contributed by atoms with E-state index in [1.54, 1.807) is 6.92 Å². The fourth-order valence-electron chi connectivity index (χ4n) is 2.09. The Balaban J connectivity index is 2.08. The number of ether oxygens (including phenoxy) is 2. The van der Waals surface area contributed by atoms with Crippen LogP contribution >= 0.6 is 0 Å². The van der Waals surface area contributed by atoms with Gasteiger partial charge in [0.15, 0.2) is 0 Å². The Kier molecular flexibility index (Phi) is 7.23. The third-order valence-electron chi connectivity index (χ3n) is 3.22. The summed E-state index contributed by atoms with van der Waals surface area (Å²) < 4.78 is 10.5. The fourth-order valence-corrected chi connectivity index (χ4v) is 2.09. The van der Waals surface area contributed by atoms with Gasteiger partial charge >= 0.3 is 0 Å². The van der Waals surface area contributed by atoms with E-state index in [1.807, 2.05) is 6.92 Å². The Labute approximate surface area is 110 Å². The van der Waals surface area contributed by atoms with E-state index in [1.165, 1.54) is 0 Å². The lowest BCUT2D eigenvalue weighted by molar-refractivity contribution is -0.132. The van der Waals surface area contributed by atoms with Crippen LogP contribution in [0.25, 0.3) is 0 Å². The van der Waals surface area contributed by atoms with Gasteiger partial charge in [-0.3, -0.25) is 4.79 Å². The van der Waals surface area contributed by atoms with E-state index in [0.29, 0.717) is 25.7 Å². The van der Waals surface area contributed by atoms with Crippen LogP contribution in [0.1, 0.15) is 20.3 Å². The number of carbonyl (C=O) groups excluding carboxylic acids is 1. The topological polar surface area (TPSA) is 50.8 Å². The molecule has 0 unspecified atom stereocenters. The molecule has 1 rings (SSSR count). The van der Waals surface area contributed by atoms with Crippen molar-refractivity contribution in [2.75, 3.05) is 46.5 Å². The molecular formula is C13H26N2O3. The van der Waals surface area contributed by atoms with Crippen LogP contribution in [0.3, 0.4) is 0 Å². The second kappa shape index (κ2) is 8.45. The van der Waals surface area contributed by atoms with Gasteiger partial charge in [-0.05, 0) is 39.8 Å². The third-order valence-corrected chi connectivity index (χ3v) is 3.22. The molecule has 1 saturated heterocycles. The molecule has 1 heterocycles. The van der Waals surface area contributed by atoms with Crippen molar-refractivity contribution in [3.05, 3.63) is 0 Å². The number of likely N-dealkylation sites (tertiary alicyclic amines) is 1. The van der Waals surface area contributed by atoms with E-state index in [4.69, 9.17) is 9.47 Å². The first-order valence-corrected chi connectivity index (χ1v) is 6.79. The number of amides is 1. The fraction of sp³-hybridized carbons (Fsp3) is 0.923. The van der Waals surface area contributed by atoms with Gasteiger partial charge in [-0.2, -0.15) is 0 Å². The molecule has 0 spiro atoms. The van der Waals surface area contributed by atoms with Gasteiger partial charge in [-0.15, -0.1) is 0 Å². The summed E-state index contributed by atoms with van der Waals surface area (Å²) in [5, 5.41) is 2.95. The summed E-state index contributed by atoms with van der Waals surface area (Å²) in [5.74, 6) is 0.552. The number of nitrogens with zero attached hydrogens (tertiary/aromatic N) is 1. The first-order chi connectivity index (χ1) is 8.63. The van der Waals surface area contributed by atoms with Crippen LogP contribution in [0.4, 0.5) is 0 Å². The Morgan fingerprint density at radius 1 is 1.50 bits per heavy atom. The van der Waals surface area contributed by atoms with Gasteiger partial charge in [0.05, 0.1) is 13.2 Å². The normalized spacial score (nSPS) is 22.1. The minimum absolute atomic E-state index is 0.0268. The quantitative estimate of drug-likeness (QED) is 0.644. The molecule has 18 heavy (non-hydrogen) atoms. The molecule has 2 atom stereocenters. The maximum atomic E-state index is 11.8. The van der Waals surface area contributed by atoms with Crippen molar-refractivity contribution in [3.8, 4) is 0 Å². The predicted molar refractivity (Wildman–Crippen MR) is 70.5 cm³/mol. The van der Waals surface area contributed by atoms with Gasteiger partial charge in [-0.1, -0.05) is 0 Å². The highest BCUT2D eigenvalue weighted by atomic mass is 16.5. The summed E-state index contributed by atoms with van der Waals surface area (Å²) >= 11 is 0. The predicted octanol–water partition coefficient (Wildman–Crippen LogP) is 0.496. The zero-order valence-electron chi connectivity index (χ0n) is 11.8. The van der Waals surface area contributed by atoms with E-state index in [-0.39, 0.29) is 5.91 Å². The van der Waals surface area contributed by atoms with E-state index in [2.05, 4.69) is 17.3 Å². The average Bonchev–Trinajstić information content (AvgIpc) is 2.77. The molecule has 1 fully saturated rings. The molecule has 0 aromatic rings. The average molecular weight is 258 g/mol. The Morgan fingerprint density at radius 2 is 2.28 bits per heavy atom. The first-order valence-electron chi connectivity index (χ1n) is 6.79. The molecule has 5 nitrogen and oxygen atoms in total. The van der Waals surface area contributed by atoms with E-state index in [9.17, 15) is 4.79 Å². The maximum absolute atomic E-state index is 11.8. The SMILES string of the molecule is CCOCCO[C@H](C)C(=O)NC[C@@H]1CCN(C)C1. The molecule has 1 N–H and O–H groups in total. The maximum Gasteiger partial charge on any atom is 0.248 e. The molecule has 1 aliphatic rings. The molecule has 0 aromatic carbocycles. The van der Waals surface area contributed by atoms with Gasteiger partial charge in [0.2, 0.25) is 5.91 Å². The number of hydrogen-bond acceptors (Lipinski definition) is 4. The van der Waals surface area contributed by atoms with Gasteiger partial charge in [0.25, 0.3) is 0 Å². The second-order valence-electron chi connectivity index (χ2n) is 4.87. The summed E-state index contributed by atoms with van der Waals surface area (Å²) in [4.78, 5) is 14.0. The zero-order chi connectivity index (χ0) is 13.4. The molecule has 106 valence electrons. The second-order valence-corrected chi connectivity index (χ2v) is 4.87. The van der Waals surface area contributed by atoms with E-state index in [0.717, 1.165) is 26.1 Å². The van der Waals surface area contributed by atoms with Gasteiger partial charge in [0, 0.05) is 19.7 Å². The third kappa shape index (κ3) is 5.80. The summed E-state index contributed by atoms with van der Waals surface area (Å²) in [6.07, 6.45) is 0.765. The van der Waals surface area contributed by atoms with Crippen molar-refractivity contribution in [1.29, 1.82) is 0 Å². The largest absolute Gasteiger partial charge is 0.379 e. The van der Waals surface area contributed by atoms with Crippen LogP contribution in [0.2, 0.25) is 0 Å². The Bertz CT molecular complexity index is 248. The summed E-state index contributed by atoms with van der Waals surface area (Å²) in [6.45, 7) is 8.36. The lowest BCUT2D eigenvalue weighted by Crippen LogP contribution is -2.38. The van der Waals surface area contributed by atoms with Gasteiger partial charge in [0.1, 0.15) is 6.10 Å². The molecule has 1 amide bonds. The van der Waals surface area contributed by atoms with Crippen molar-refractivity contribution in [2.24, 2.45) is 5.92 Å². The monoisotopic (exact) mass is 258 g/mol. The van der Waals surface area contributed by atoms with E-state index < -0.39 is 6.10 Å². The smallest absolute Gasteiger partial charge is 0.248 e. The molecule has 0 aliphatic carbocycles. The highest BCUT2D eigenvalue weighted by Gasteiger charge is 2.21. The molecule has 5 heteroatoms. The summed E-state index contributed by atoms with van der Waals surface area (Å²) in [6, 6.07) is 0. The van der Waals surface area contributed by atoms with Crippen LogP contribution in [0.5, 0.6) is 0 Å². The summed E-state index contributed by atoms with van der Waals surface area (Å²) in [7, 11) is 2.11. The molecule has 0 radical (unpaired) electrons. The van der Waals surface area contributed by atoms with Gasteiger partial charge < -0.3 is 19.7 Å². The van der Waals surface area contributed by atoms with Crippen LogP contribution in [0, 0.1) is 5.92 Å². The lowest BCUT2D eigenvalue weighted by atomic mass is 10.1. The highest BCUT2D eigenvalue weighted by Crippen LogP contribution is 2.12.